The third-order valence-electron chi connectivity index (χ3n) is 8.47. The lowest BCUT2D eigenvalue weighted by molar-refractivity contribution is -0.212. The van der Waals surface area contributed by atoms with Crippen LogP contribution in [0.4, 0.5) is 18.9 Å². The van der Waals surface area contributed by atoms with Crippen molar-refractivity contribution in [2.75, 3.05) is 39.4 Å². The molecule has 2 aromatic carbocycles. The first-order valence-electron chi connectivity index (χ1n) is 16.2. The number of carbonyl (C=O) groups excluding carboxylic acids is 3. The van der Waals surface area contributed by atoms with Gasteiger partial charge in [-0.3, -0.25) is 24.2 Å². The van der Waals surface area contributed by atoms with Crippen LogP contribution in [0.3, 0.4) is 0 Å². The van der Waals surface area contributed by atoms with Crippen LogP contribution in [0, 0.1) is 0 Å². The number of allylic oxidation sites excluding steroid dienone is 1. The summed E-state index contributed by atoms with van der Waals surface area (Å²) in [5, 5.41) is 8.96. The van der Waals surface area contributed by atoms with Crippen molar-refractivity contribution in [2.24, 2.45) is 10.7 Å². The lowest BCUT2D eigenvalue weighted by Gasteiger charge is -2.40. The van der Waals surface area contributed by atoms with Gasteiger partial charge < -0.3 is 21.1 Å². The van der Waals surface area contributed by atoms with Crippen LogP contribution in [0.25, 0.3) is 0 Å². The minimum absolute atomic E-state index is 0.160. The van der Waals surface area contributed by atoms with Gasteiger partial charge in [0.25, 0.3) is 11.8 Å². The van der Waals surface area contributed by atoms with Crippen molar-refractivity contribution in [2.45, 2.75) is 38.7 Å². The summed E-state index contributed by atoms with van der Waals surface area (Å²) in [4.78, 5) is 49.0. The van der Waals surface area contributed by atoms with E-state index in [1.54, 1.807) is 55.5 Å². The topological polar surface area (TPSA) is 147 Å². The number of aromatic nitrogens is 2. The van der Waals surface area contributed by atoms with Crippen molar-refractivity contribution in [3.63, 3.8) is 0 Å². The van der Waals surface area contributed by atoms with E-state index in [-0.39, 0.29) is 29.5 Å². The van der Waals surface area contributed by atoms with E-state index in [0.717, 1.165) is 19.2 Å². The second-order valence-corrected chi connectivity index (χ2v) is 11.6. The van der Waals surface area contributed by atoms with Crippen LogP contribution in [0.15, 0.2) is 95.3 Å². The molecule has 0 aliphatic carbocycles. The van der Waals surface area contributed by atoms with Crippen molar-refractivity contribution in [1.29, 1.82) is 0 Å². The van der Waals surface area contributed by atoms with Crippen molar-refractivity contribution in [3.8, 4) is 0 Å². The zero-order valence-electron chi connectivity index (χ0n) is 27.7. The average Bonchev–Trinajstić information content (AvgIpc) is 3.64. The number of amidine groups is 1. The quantitative estimate of drug-likeness (QED) is 0.276. The highest BCUT2D eigenvalue weighted by atomic mass is 19.4. The van der Waals surface area contributed by atoms with Gasteiger partial charge in [0.05, 0.1) is 18.9 Å². The molecule has 2 atom stereocenters. The number of likely N-dealkylation sites (N-methyl/N-ethyl adjacent to an activating group) is 1. The molecule has 15 heteroatoms. The molecule has 12 nitrogen and oxygen atoms in total. The van der Waals surface area contributed by atoms with Crippen molar-refractivity contribution in [3.05, 3.63) is 107 Å². The Labute approximate surface area is 287 Å². The van der Waals surface area contributed by atoms with Gasteiger partial charge in [-0.05, 0) is 43.2 Å². The lowest BCUT2D eigenvalue weighted by atomic mass is 9.79. The summed E-state index contributed by atoms with van der Waals surface area (Å²) >= 11 is 0. The molecule has 0 radical (unpaired) electrons. The molecule has 50 heavy (non-hydrogen) atoms. The van der Waals surface area contributed by atoms with Gasteiger partial charge in [-0.15, -0.1) is 13.2 Å². The molecule has 3 heterocycles. The molecule has 264 valence electrons. The first-order chi connectivity index (χ1) is 24.0. The summed E-state index contributed by atoms with van der Waals surface area (Å²) in [6.45, 7) is 7.04. The first-order valence-corrected chi connectivity index (χ1v) is 16.2. The molecule has 3 amide bonds. The number of likely N-dealkylation sites (tertiary alicyclic amines) is 1. The number of ether oxygens (including phenoxy) is 1. The van der Waals surface area contributed by atoms with Crippen LogP contribution in [0.5, 0.6) is 0 Å². The Morgan fingerprint density at radius 1 is 1.10 bits per heavy atom. The number of para-hydroxylation sites is 1. The van der Waals surface area contributed by atoms with E-state index >= 15 is 0 Å². The van der Waals surface area contributed by atoms with Gasteiger partial charge >= 0.3 is 6.30 Å². The standard InChI is InChI=1S/C35H39F3N8O4/c1-3-24(22-44-15-17-50-18-16-44)32(47)40-21-23-9-8-10-25(19-23)29-27(20-39)31(41-26-11-6-5-7-12-26)45(4-2)34(49)30(29)42-33(48)28-13-14-46(43-28)35(36,37)38/h3,5-14,19-20,29-30H,4,15-18,21-22,39H2,1-2H3,(H,40,47)(H,42,48)/b24-3+,27-20-,41-31?/t29-,30+/m1/s1. The summed E-state index contributed by atoms with van der Waals surface area (Å²) in [5.74, 6) is -2.38. The third kappa shape index (κ3) is 8.29. The van der Waals surface area contributed by atoms with Gasteiger partial charge in [-0.2, -0.15) is 9.78 Å². The molecule has 2 saturated heterocycles. The Kier molecular flexibility index (Phi) is 11.5. The molecule has 0 saturated carbocycles. The fourth-order valence-electron chi connectivity index (χ4n) is 5.93. The number of morpholine rings is 1. The normalized spacial score (nSPS) is 20.7. The van der Waals surface area contributed by atoms with Crippen LogP contribution < -0.4 is 16.4 Å². The van der Waals surface area contributed by atoms with Crippen LogP contribution in [0.2, 0.25) is 0 Å². The van der Waals surface area contributed by atoms with Crippen LogP contribution in [0.1, 0.15) is 41.4 Å². The molecular formula is C35H39F3N8O4. The number of nitrogens with one attached hydrogen (secondary N) is 2. The minimum Gasteiger partial charge on any atom is -0.404 e. The number of nitrogens with two attached hydrogens (primary N) is 1. The number of nitrogens with zero attached hydrogens (tertiary/aromatic N) is 5. The van der Waals surface area contributed by atoms with E-state index in [9.17, 15) is 27.6 Å². The van der Waals surface area contributed by atoms with Crippen LogP contribution >= 0.6 is 0 Å². The molecular weight excluding hydrogens is 653 g/mol. The number of aliphatic imine (C=N–C) groups is 1. The highest BCUT2D eigenvalue weighted by Crippen LogP contribution is 2.36. The van der Waals surface area contributed by atoms with Crippen LogP contribution in [-0.4, -0.2) is 88.6 Å². The van der Waals surface area contributed by atoms with Gasteiger partial charge in [0.1, 0.15) is 17.6 Å². The summed E-state index contributed by atoms with van der Waals surface area (Å²) < 4.78 is 44.8. The SMILES string of the molecule is C/C=C(\CN1CCOCC1)C(=O)NCc1cccc([C@@H]2/C(=C/N)C(=Nc3ccccc3)N(CC)C(=O)[C@H]2NC(=O)c2ccn(C(F)(F)F)n2)c1. The number of hydrogen-bond acceptors (Lipinski definition) is 8. The van der Waals surface area contributed by atoms with Gasteiger partial charge in [0.2, 0.25) is 5.91 Å². The van der Waals surface area contributed by atoms with Gasteiger partial charge in [-0.25, -0.2) is 4.99 Å². The van der Waals surface area contributed by atoms with Crippen molar-refractivity contribution < 1.29 is 32.3 Å². The largest absolute Gasteiger partial charge is 0.504 e. The second kappa shape index (κ2) is 16.0. The fourth-order valence-corrected chi connectivity index (χ4v) is 5.93. The smallest absolute Gasteiger partial charge is 0.404 e. The molecule has 0 spiro atoms. The maximum absolute atomic E-state index is 14.2. The van der Waals surface area contributed by atoms with E-state index in [1.807, 2.05) is 19.1 Å². The van der Waals surface area contributed by atoms with E-state index < -0.39 is 35.8 Å². The number of piperidine rings is 1. The van der Waals surface area contributed by atoms with E-state index in [1.165, 1.54) is 11.1 Å². The fraction of sp³-hybridized carbons (Fsp3) is 0.343. The molecule has 1 aromatic heterocycles. The highest BCUT2D eigenvalue weighted by molar-refractivity contribution is 6.15. The molecule has 5 rings (SSSR count). The second-order valence-electron chi connectivity index (χ2n) is 11.6. The van der Waals surface area contributed by atoms with Crippen molar-refractivity contribution >= 4 is 29.2 Å². The molecule has 4 N–H and O–H groups in total. The molecule has 3 aromatic rings. The number of amides is 3. The number of carbonyl (C=O) groups is 3. The summed E-state index contributed by atoms with van der Waals surface area (Å²) in [6, 6.07) is 15.7. The molecule has 0 unspecified atom stereocenters. The minimum atomic E-state index is -4.83. The lowest BCUT2D eigenvalue weighted by Crippen LogP contribution is -2.59. The van der Waals surface area contributed by atoms with E-state index in [0.29, 0.717) is 53.9 Å². The maximum Gasteiger partial charge on any atom is 0.504 e. The Morgan fingerprint density at radius 2 is 1.84 bits per heavy atom. The molecule has 2 aliphatic heterocycles. The predicted octanol–water partition coefficient (Wildman–Crippen LogP) is 3.57. The van der Waals surface area contributed by atoms with Crippen molar-refractivity contribution in [1.82, 2.24) is 30.2 Å². The Bertz CT molecular complexity index is 1780. The average molecular weight is 693 g/mol. The molecule has 0 bridgehead atoms. The monoisotopic (exact) mass is 692 g/mol. The maximum atomic E-state index is 14.2. The summed E-state index contributed by atoms with van der Waals surface area (Å²) in [6.07, 6.45) is -1.10. The highest BCUT2D eigenvalue weighted by Gasteiger charge is 2.45. The zero-order valence-corrected chi connectivity index (χ0v) is 27.7. The van der Waals surface area contributed by atoms with Gasteiger partial charge in [0, 0.05) is 62.2 Å². The van der Waals surface area contributed by atoms with Crippen LogP contribution in [-0.2, 0) is 27.2 Å². The third-order valence-corrected chi connectivity index (χ3v) is 8.47. The molecule has 2 fully saturated rings. The Balaban J connectivity index is 1.47. The number of rotatable bonds is 10. The summed E-state index contributed by atoms with van der Waals surface area (Å²) in [7, 11) is 0. The number of hydrogen-bond donors (Lipinski definition) is 3. The number of halogens is 3. The Morgan fingerprint density at radius 3 is 2.48 bits per heavy atom. The number of benzene rings is 2. The van der Waals surface area contributed by atoms with Gasteiger partial charge in [-0.1, -0.05) is 48.5 Å². The first kappa shape index (κ1) is 36.0. The van der Waals surface area contributed by atoms with Gasteiger partial charge in [0.15, 0.2) is 0 Å². The van der Waals surface area contributed by atoms with E-state index in [2.05, 4.69) is 20.6 Å². The zero-order chi connectivity index (χ0) is 35.8. The van der Waals surface area contributed by atoms with E-state index in [4.69, 9.17) is 15.5 Å². The Hall–Kier alpha value is -5.28. The molecule has 2 aliphatic rings. The summed E-state index contributed by atoms with van der Waals surface area (Å²) in [5.41, 5.74) is 8.57. The number of alkyl halides is 3. The predicted molar refractivity (Wildman–Crippen MR) is 180 cm³/mol.